The molecule has 1 heterocycles. The van der Waals surface area contributed by atoms with Crippen molar-refractivity contribution in [2.24, 2.45) is 5.92 Å². The standard InChI is InChI=1S/C15H18N2O2/c1-11(2)15(18)17-13-6-3-5-12(9-13)16-10-14-7-4-8-19-14/h3-9,11,16H,10H2,1-2H3,(H,17,18). The summed E-state index contributed by atoms with van der Waals surface area (Å²) in [5, 5.41) is 6.12. The van der Waals surface area contributed by atoms with Crippen molar-refractivity contribution in [3.63, 3.8) is 0 Å². The van der Waals surface area contributed by atoms with Crippen LogP contribution in [0.1, 0.15) is 19.6 Å². The Kier molecular flexibility index (Phi) is 4.23. The molecule has 2 aromatic rings. The van der Waals surface area contributed by atoms with Gasteiger partial charge in [0, 0.05) is 17.3 Å². The number of amides is 1. The Morgan fingerprint density at radius 1 is 1.21 bits per heavy atom. The summed E-state index contributed by atoms with van der Waals surface area (Å²) >= 11 is 0. The van der Waals surface area contributed by atoms with Crippen LogP contribution in [-0.2, 0) is 11.3 Å². The summed E-state index contributed by atoms with van der Waals surface area (Å²) in [6, 6.07) is 11.4. The Balaban J connectivity index is 1.97. The van der Waals surface area contributed by atoms with Gasteiger partial charge in [-0.25, -0.2) is 0 Å². The van der Waals surface area contributed by atoms with Gasteiger partial charge in [0.15, 0.2) is 0 Å². The second kappa shape index (κ2) is 6.09. The van der Waals surface area contributed by atoms with Crippen LogP contribution >= 0.6 is 0 Å². The van der Waals surface area contributed by atoms with Crippen LogP contribution in [0.4, 0.5) is 11.4 Å². The summed E-state index contributed by atoms with van der Waals surface area (Å²) in [5.41, 5.74) is 1.74. The summed E-state index contributed by atoms with van der Waals surface area (Å²) in [6.45, 7) is 4.36. The predicted molar refractivity (Wildman–Crippen MR) is 75.9 cm³/mol. The third-order valence-corrected chi connectivity index (χ3v) is 2.70. The van der Waals surface area contributed by atoms with E-state index in [2.05, 4.69) is 10.6 Å². The van der Waals surface area contributed by atoms with Gasteiger partial charge >= 0.3 is 0 Å². The second-order valence-electron chi connectivity index (χ2n) is 4.66. The maximum atomic E-state index is 11.6. The molecule has 19 heavy (non-hydrogen) atoms. The summed E-state index contributed by atoms with van der Waals surface area (Å²) in [5.74, 6) is 0.861. The lowest BCUT2D eigenvalue weighted by Crippen LogP contribution is -2.17. The lowest BCUT2D eigenvalue weighted by atomic mass is 10.2. The van der Waals surface area contributed by atoms with Crippen molar-refractivity contribution in [2.45, 2.75) is 20.4 Å². The number of anilines is 2. The van der Waals surface area contributed by atoms with E-state index in [1.54, 1.807) is 6.26 Å². The van der Waals surface area contributed by atoms with Gasteiger partial charge in [-0.05, 0) is 30.3 Å². The topological polar surface area (TPSA) is 54.3 Å². The van der Waals surface area contributed by atoms with E-state index >= 15 is 0 Å². The maximum absolute atomic E-state index is 11.6. The van der Waals surface area contributed by atoms with Crippen molar-refractivity contribution in [2.75, 3.05) is 10.6 Å². The predicted octanol–water partition coefficient (Wildman–Crippen LogP) is 3.49. The van der Waals surface area contributed by atoms with Crippen LogP contribution in [-0.4, -0.2) is 5.91 Å². The molecule has 0 unspecified atom stereocenters. The fourth-order valence-corrected chi connectivity index (χ4v) is 1.60. The average molecular weight is 258 g/mol. The van der Waals surface area contributed by atoms with E-state index in [1.807, 2.05) is 50.2 Å². The highest BCUT2D eigenvalue weighted by Crippen LogP contribution is 2.16. The van der Waals surface area contributed by atoms with E-state index < -0.39 is 0 Å². The molecule has 0 fully saturated rings. The molecular weight excluding hydrogens is 240 g/mol. The highest BCUT2D eigenvalue weighted by atomic mass is 16.3. The van der Waals surface area contributed by atoms with Gasteiger partial charge in [0.05, 0.1) is 12.8 Å². The van der Waals surface area contributed by atoms with Crippen molar-refractivity contribution in [1.82, 2.24) is 0 Å². The minimum Gasteiger partial charge on any atom is -0.467 e. The number of hydrogen-bond donors (Lipinski definition) is 2. The molecule has 1 aromatic carbocycles. The van der Waals surface area contributed by atoms with Gasteiger partial charge in [-0.15, -0.1) is 0 Å². The molecule has 0 bridgehead atoms. The number of benzene rings is 1. The third-order valence-electron chi connectivity index (χ3n) is 2.70. The van der Waals surface area contributed by atoms with Crippen LogP contribution in [0.25, 0.3) is 0 Å². The Labute approximate surface area is 112 Å². The molecule has 4 heteroatoms. The second-order valence-corrected chi connectivity index (χ2v) is 4.66. The first kappa shape index (κ1) is 13.2. The highest BCUT2D eigenvalue weighted by Gasteiger charge is 2.07. The van der Waals surface area contributed by atoms with E-state index in [1.165, 1.54) is 0 Å². The average Bonchev–Trinajstić information content (AvgIpc) is 2.90. The van der Waals surface area contributed by atoms with E-state index in [0.29, 0.717) is 6.54 Å². The van der Waals surface area contributed by atoms with Crippen LogP contribution in [0.3, 0.4) is 0 Å². The van der Waals surface area contributed by atoms with Gasteiger partial charge in [-0.2, -0.15) is 0 Å². The third kappa shape index (κ3) is 3.88. The van der Waals surface area contributed by atoms with E-state index in [9.17, 15) is 4.79 Å². The molecule has 0 radical (unpaired) electrons. The van der Waals surface area contributed by atoms with Crippen molar-refractivity contribution >= 4 is 17.3 Å². The number of nitrogens with one attached hydrogen (secondary N) is 2. The van der Waals surface area contributed by atoms with Crippen molar-refractivity contribution < 1.29 is 9.21 Å². The van der Waals surface area contributed by atoms with E-state index in [-0.39, 0.29) is 11.8 Å². The molecule has 0 atom stereocenters. The van der Waals surface area contributed by atoms with Gasteiger partial charge in [-0.3, -0.25) is 4.79 Å². The summed E-state index contributed by atoms with van der Waals surface area (Å²) in [4.78, 5) is 11.6. The summed E-state index contributed by atoms with van der Waals surface area (Å²) in [6.07, 6.45) is 1.65. The zero-order chi connectivity index (χ0) is 13.7. The molecule has 100 valence electrons. The summed E-state index contributed by atoms with van der Waals surface area (Å²) < 4.78 is 5.25. The molecule has 0 aliphatic rings. The van der Waals surface area contributed by atoms with E-state index in [0.717, 1.165) is 17.1 Å². The Hall–Kier alpha value is -2.23. The number of carbonyl (C=O) groups excluding carboxylic acids is 1. The molecule has 0 aliphatic carbocycles. The highest BCUT2D eigenvalue weighted by molar-refractivity contribution is 5.92. The zero-order valence-electron chi connectivity index (χ0n) is 11.1. The number of hydrogen-bond acceptors (Lipinski definition) is 3. The van der Waals surface area contributed by atoms with Gasteiger partial charge in [0.1, 0.15) is 5.76 Å². The van der Waals surface area contributed by atoms with Crippen LogP contribution in [0.5, 0.6) is 0 Å². The molecule has 0 aliphatic heterocycles. The van der Waals surface area contributed by atoms with Crippen LogP contribution in [0.2, 0.25) is 0 Å². The number of rotatable bonds is 5. The number of carbonyl (C=O) groups is 1. The van der Waals surface area contributed by atoms with Crippen molar-refractivity contribution in [1.29, 1.82) is 0 Å². The molecule has 2 N–H and O–H groups in total. The van der Waals surface area contributed by atoms with Gasteiger partial charge in [-0.1, -0.05) is 19.9 Å². The minimum absolute atomic E-state index is 0.0168. The largest absolute Gasteiger partial charge is 0.467 e. The Morgan fingerprint density at radius 3 is 2.68 bits per heavy atom. The summed E-state index contributed by atoms with van der Waals surface area (Å²) in [7, 11) is 0. The van der Waals surface area contributed by atoms with Crippen LogP contribution in [0.15, 0.2) is 47.1 Å². The SMILES string of the molecule is CC(C)C(=O)Nc1cccc(NCc2ccco2)c1. The van der Waals surface area contributed by atoms with Crippen molar-refractivity contribution in [3.8, 4) is 0 Å². The monoisotopic (exact) mass is 258 g/mol. The fraction of sp³-hybridized carbons (Fsp3) is 0.267. The van der Waals surface area contributed by atoms with Crippen LogP contribution < -0.4 is 10.6 Å². The molecule has 0 saturated carbocycles. The molecular formula is C15H18N2O2. The quantitative estimate of drug-likeness (QED) is 0.863. The molecule has 4 nitrogen and oxygen atoms in total. The number of furan rings is 1. The normalized spacial score (nSPS) is 10.5. The lowest BCUT2D eigenvalue weighted by Gasteiger charge is -2.10. The first-order valence-corrected chi connectivity index (χ1v) is 6.32. The molecule has 0 saturated heterocycles. The van der Waals surface area contributed by atoms with Crippen molar-refractivity contribution in [3.05, 3.63) is 48.4 Å². The molecule has 1 aromatic heterocycles. The Morgan fingerprint density at radius 2 is 2.00 bits per heavy atom. The zero-order valence-corrected chi connectivity index (χ0v) is 11.1. The molecule has 2 rings (SSSR count). The van der Waals surface area contributed by atoms with Gasteiger partial charge < -0.3 is 15.1 Å². The fourth-order valence-electron chi connectivity index (χ4n) is 1.60. The smallest absolute Gasteiger partial charge is 0.226 e. The first-order valence-electron chi connectivity index (χ1n) is 6.32. The van der Waals surface area contributed by atoms with Gasteiger partial charge in [0.2, 0.25) is 5.91 Å². The minimum atomic E-state index is -0.0280. The molecule has 1 amide bonds. The van der Waals surface area contributed by atoms with E-state index in [4.69, 9.17) is 4.42 Å². The molecule has 0 spiro atoms. The Bertz CT molecular complexity index is 533. The van der Waals surface area contributed by atoms with Crippen LogP contribution in [0, 0.1) is 5.92 Å². The lowest BCUT2D eigenvalue weighted by molar-refractivity contribution is -0.118. The first-order chi connectivity index (χ1) is 9.15. The van der Waals surface area contributed by atoms with Gasteiger partial charge in [0.25, 0.3) is 0 Å². The maximum Gasteiger partial charge on any atom is 0.226 e.